The quantitative estimate of drug-likeness (QED) is 0.643. The number of ether oxygens (including phenoxy) is 1. The van der Waals surface area contributed by atoms with E-state index in [1.807, 2.05) is 0 Å². The average Bonchev–Trinajstić information content (AvgIpc) is 2.99. The summed E-state index contributed by atoms with van der Waals surface area (Å²) in [6, 6.07) is 0. The third-order valence-corrected chi connectivity index (χ3v) is 7.94. The Hall–Kier alpha value is -0.420. The molecule has 3 N–H and O–H groups in total. The first-order valence-electron chi connectivity index (χ1n) is 9.60. The Morgan fingerprint density at radius 3 is 2.42 bits per heavy atom. The van der Waals surface area contributed by atoms with E-state index in [-0.39, 0.29) is 28.8 Å². The predicted molar refractivity (Wildman–Crippen MR) is 91.3 cm³/mol. The van der Waals surface area contributed by atoms with Gasteiger partial charge in [0.25, 0.3) is 0 Å². The van der Waals surface area contributed by atoms with Gasteiger partial charge in [-0.15, -0.1) is 0 Å². The molecule has 1 aliphatic heterocycles. The maximum Gasteiger partial charge on any atom is 0.0863 e. The zero-order chi connectivity index (χ0) is 17.4. The van der Waals surface area contributed by atoms with Crippen LogP contribution in [-0.2, 0) is 4.74 Å². The van der Waals surface area contributed by atoms with Crippen LogP contribution >= 0.6 is 0 Å². The van der Waals surface area contributed by atoms with Gasteiger partial charge in [-0.2, -0.15) is 0 Å². The van der Waals surface area contributed by atoms with Gasteiger partial charge in [0.2, 0.25) is 0 Å². The smallest absolute Gasteiger partial charge is 0.0863 e. The molecule has 3 aliphatic carbocycles. The topological polar surface area (TPSA) is 69.9 Å². The van der Waals surface area contributed by atoms with Crippen LogP contribution in [-0.4, -0.2) is 46.3 Å². The molecule has 2 fully saturated rings. The first-order valence-corrected chi connectivity index (χ1v) is 9.60. The second kappa shape index (κ2) is 5.29. The van der Waals surface area contributed by atoms with Crippen LogP contribution in [0.2, 0.25) is 0 Å². The van der Waals surface area contributed by atoms with Gasteiger partial charge in [0.05, 0.1) is 31.0 Å². The molecule has 8 unspecified atom stereocenters. The van der Waals surface area contributed by atoms with Gasteiger partial charge in [0.1, 0.15) is 0 Å². The SMILES string of the molecule is CC(C)C1C(O)C(O)C2C3OCC4=C3C(C)(CCC4O)CCC12C. The minimum atomic E-state index is -0.749. The van der Waals surface area contributed by atoms with Crippen LogP contribution in [0.4, 0.5) is 0 Å². The summed E-state index contributed by atoms with van der Waals surface area (Å²) in [6.45, 7) is 9.35. The molecule has 0 amide bonds. The van der Waals surface area contributed by atoms with E-state index >= 15 is 0 Å². The van der Waals surface area contributed by atoms with E-state index in [1.54, 1.807) is 0 Å². The monoisotopic (exact) mass is 336 g/mol. The van der Waals surface area contributed by atoms with Crippen molar-refractivity contribution in [1.29, 1.82) is 0 Å². The zero-order valence-electron chi connectivity index (χ0n) is 15.3. The molecule has 24 heavy (non-hydrogen) atoms. The summed E-state index contributed by atoms with van der Waals surface area (Å²) in [5.74, 6) is 0.317. The number of aliphatic hydroxyl groups excluding tert-OH is 3. The molecule has 0 bridgehead atoms. The molecule has 0 aromatic rings. The lowest BCUT2D eigenvalue weighted by Crippen LogP contribution is -2.41. The Labute approximate surface area is 144 Å². The molecule has 0 aromatic heterocycles. The van der Waals surface area contributed by atoms with Gasteiger partial charge >= 0.3 is 0 Å². The first kappa shape index (κ1) is 17.0. The maximum absolute atomic E-state index is 10.9. The van der Waals surface area contributed by atoms with Gasteiger partial charge < -0.3 is 20.1 Å². The highest BCUT2D eigenvalue weighted by atomic mass is 16.5. The molecule has 2 saturated carbocycles. The molecule has 0 radical (unpaired) electrons. The van der Waals surface area contributed by atoms with E-state index in [0.717, 1.165) is 31.3 Å². The van der Waals surface area contributed by atoms with Crippen LogP contribution in [0.5, 0.6) is 0 Å². The van der Waals surface area contributed by atoms with E-state index in [0.29, 0.717) is 12.5 Å². The Kier molecular flexibility index (Phi) is 3.75. The molecule has 4 heteroatoms. The fourth-order valence-corrected chi connectivity index (χ4v) is 6.82. The van der Waals surface area contributed by atoms with Crippen molar-refractivity contribution >= 4 is 0 Å². The minimum absolute atomic E-state index is 0.0648. The van der Waals surface area contributed by atoms with E-state index in [9.17, 15) is 15.3 Å². The van der Waals surface area contributed by atoms with E-state index < -0.39 is 18.3 Å². The molecule has 4 nitrogen and oxygen atoms in total. The standard InChI is InChI=1S/C20H32O4/c1-10(2)13-16(22)17(23)15-18-14-11(9-24-18)12(21)5-6-19(14,3)7-8-20(13,15)4/h10,12-13,15-18,21-23H,5-9H2,1-4H3. The molecule has 0 saturated heterocycles. The van der Waals surface area contributed by atoms with Gasteiger partial charge in [0.15, 0.2) is 0 Å². The Morgan fingerprint density at radius 1 is 1.04 bits per heavy atom. The van der Waals surface area contributed by atoms with Crippen molar-refractivity contribution < 1.29 is 20.1 Å². The van der Waals surface area contributed by atoms with Crippen molar-refractivity contribution in [2.45, 2.75) is 77.8 Å². The summed E-state index contributed by atoms with van der Waals surface area (Å²) in [4.78, 5) is 0. The van der Waals surface area contributed by atoms with Crippen LogP contribution in [0.3, 0.4) is 0 Å². The summed E-state index contributed by atoms with van der Waals surface area (Å²) in [5.41, 5.74) is 2.25. The third-order valence-electron chi connectivity index (χ3n) is 7.94. The van der Waals surface area contributed by atoms with Crippen molar-refractivity contribution in [1.82, 2.24) is 0 Å². The fourth-order valence-electron chi connectivity index (χ4n) is 6.82. The number of fused-ring (bicyclic) bond motifs is 2. The maximum atomic E-state index is 10.9. The highest BCUT2D eigenvalue weighted by Crippen LogP contribution is 2.64. The van der Waals surface area contributed by atoms with Crippen molar-refractivity contribution in [3.8, 4) is 0 Å². The van der Waals surface area contributed by atoms with Crippen LogP contribution in [0.15, 0.2) is 11.1 Å². The lowest BCUT2D eigenvalue weighted by atomic mass is 9.66. The summed E-state index contributed by atoms with van der Waals surface area (Å²) in [7, 11) is 0. The fraction of sp³-hybridized carbons (Fsp3) is 0.900. The van der Waals surface area contributed by atoms with Crippen molar-refractivity contribution in [3.63, 3.8) is 0 Å². The second-order valence-corrected chi connectivity index (χ2v) is 9.57. The molecule has 1 heterocycles. The van der Waals surface area contributed by atoms with E-state index in [1.165, 1.54) is 5.57 Å². The highest BCUT2D eigenvalue weighted by molar-refractivity contribution is 5.38. The summed E-state index contributed by atoms with van der Waals surface area (Å²) in [5, 5.41) is 32.2. The van der Waals surface area contributed by atoms with Gasteiger partial charge in [-0.25, -0.2) is 0 Å². The van der Waals surface area contributed by atoms with E-state index in [2.05, 4.69) is 27.7 Å². The van der Waals surface area contributed by atoms with E-state index in [4.69, 9.17) is 4.74 Å². The molecule has 0 spiro atoms. The number of rotatable bonds is 1. The number of hydrogen-bond acceptors (Lipinski definition) is 4. The lowest BCUT2D eigenvalue weighted by molar-refractivity contribution is -0.0436. The van der Waals surface area contributed by atoms with Crippen molar-refractivity contribution in [3.05, 3.63) is 11.1 Å². The normalized spacial score (nSPS) is 54.0. The Balaban J connectivity index is 1.85. The van der Waals surface area contributed by atoms with Gasteiger partial charge in [0, 0.05) is 5.92 Å². The molecular formula is C20H32O4. The molecule has 0 aromatic carbocycles. The van der Waals surface area contributed by atoms with Gasteiger partial charge in [-0.1, -0.05) is 27.7 Å². The van der Waals surface area contributed by atoms with Crippen LogP contribution in [0.1, 0.15) is 53.4 Å². The zero-order valence-corrected chi connectivity index (χ0v) is 15.3. The Bertz CT molecular complexity index is 570. The molecule has 8 atom stereocenters. The summed E-state index contributed by atoms with van der Waals surface area (Å²) >= 11 is 0. The number of hydrogen-bond donors (Lipinski definition) is 3. The minimum Gasteiger partial charge on any atom is -0.390 e. The molecule has 4 aliphatic rings. The third kappa shape index (κ3) is 2.00. The summed E-state index contributed by atoms with van der Waals surface area (Å²) < 4.78 is 6.21. The predicted octanol–water partition coefficient (Wildman–Crippen LogP) is 2.27. The second-order valence-electron chi connectivity index (χ2n) is 9.57. The largest absolute Gasteiger partial charge is 0.390 e. The van der Waals surface area contributed by atoms with Crippen LogP contribution in [0.25, 0.3) is 0 Å². The molecule has 4 rings (SSSR count). The molecule has 136 valence electrons. The number of aliphatic hydroxyl groups is 3. The van der Waals surface area contributed by atoms with Crippen molar-refractivity contribution in [2.75, 3.05) is 6.61 Å². The van der Waals surface area contributed by atoms with Gasteiger partial charge in [-0.05, 0) is 59.5 Å². The molecular weight excluding hydrogens is 304 g/mol. The average molecular weight is 336 g/mol. The summed E-state index contributed by atoms with van der Waals surface area (Å²) in [6.07, 6.45) is 1.86. The van der Waals surface area contributed by atoms with Crippen LogP contribution < -0.4 is 0 Å². The van der Waals surface area contributed by atoms with Crippen LogP contribution in [0, 0.1) is 28.6 Å². The first-order chi connectivity index (χ1) is 11.2. The Morgan fingerprint density at radius 2 is 1.75 bits per heavy atom. The highest BCUT2D eigenvalue weighted by Gasteiger charge is 2.64. The van der Waals surface area contributed by atoms with Crippen molar-refractivity contribution in [2.24, 2.45) is 28.6 Å². The van der Waals surface area contributed by atoms with Gasteiger partial charge in [-0.3, -0.25) is 0 Å². The lowest BCUT2D eigenvalue weighted by Gasteiger charge is -2.40.